The first-order chi connectivity index (χ1) is 15.4. The Labute approximate surface area is 179 Å². The lowest BCUT2D eigenvalue weighted by Crippen LogP contribution is -2.23. The van der Waals surface area contributed by atoms with Crippen LogP contribution in [0.25, 0.3) is 33.3 Å². The van der Waals surface area contributed by atoms with Crippen LogP contribution in [0.3, 0.4) is 0 Å². The maximum absolute atomic E-state index is 6.18. The lowest BCUT2D eigenvalue weighted by Gasteiger charge is -2.22. The molecule has 0 spiro atoms. The van der Waals surface area contributed by atoms with Gasteiger partial charge >= 0.3 is 0 Å². The van der Waals surface area contributed by atoms with E-state index in [0.717, 1.165) is 47.9 Å². The largest absolute Gasteiger partial charge is 0.418 e. The van der Waals surface area contributed by atoms with Gasteiger partial charge in [0.05, 0.1) is 11.6 Å². The maximum Gasteiger partial charge on any atom is 0.266 e. The predicted molar refractivity (Wildman–Crippen MR) is 119 cm³/mol. The molecule has 1 aliphatic rings. The molecule has 6 heteroatoms. The molecule has 1 fully saturated rings. The molecule has 2 aromatic carbocycles. The zero-order valence-corrected chi connectivity index (χ0v) is 17.0. The molecule has 0 N–H and O–H groups in total. The van der Waals surface area contributed by atoms with E-state index in [1.54, 1.807) is 6.20 Å². The van der Waals surface area contributed by atoms with Crippen molar-refractivity contribution in [2.24, 2.45) is 0 Å². The van der Waals surface area contributed by atoms with Gasteiger partial charge < -0.3 is 4.42 Å². The molecule has 1 unspecified atom stereocenters. The van der Waals surface area contributed by atoms with Crippen LogP contribution in [0, 0.1) is 0 Å². The van der Waals surface area contributed by atoms with Gasteiger partial charge in [0, 0.05) is 29.7 Å². The van der Waals surface area contributed by atoms with Gasteiger partial charge in [-0.25, -0.2) is 0 Å². The minimum Gasteiger partial charge on any atom is -0.418 e. The molecule has 5 aromatic rings. The lowest BCUT2D eigenvalue weighted by atomic mass is 10.1. The molecule has 1 atom stereocenters. The quantitative estimate of drug-likeness (QED) is 0.409. The summed E-state index contributed by atoms with van der Waals surface area (Å²) in [5.41, 5.74) is 3.03. The normalized spacial score (nSPS) is 17.0. The Morgan fingerprint density at radius 2 is 1.71 bits per heavy atom. The van der Waals surface area contributed by atoms with Crippen molar-refractivity contribution in [2.75, 3.05) is 6.54 Å². The summed E-state index contributed by atoms with van der Waals surface area (Å²) in [7, 11) is 0. The lowest BCUT2D eigenvalue weighted by molar-refractivity contribution is 0.216. The number of nitrogens with zero attached hydrogens (tertiary/aromatic N) is 5. The summed E-state index contributed by atoms with van der Waals surface area (Å²) < 4.78 is 6.18. The average molecular weight is 407 g/mol. The zero-order chi connectivity index (χ0) is 20.6. The summed E-state index contributed by atoms with van der Waals surface area (Å²) in [4.78, 5) is 11.4. The number of fused-ring (bicyclic) bond motifs is 2. The summed E-state index contributed by atoms with van der Waals surface area (Å²) >= 11 is 0. The Kier molecular flexibility index (Phi) is 4.43. The molecule has 6 nitrogen and oxygen atoms in total. The van der Waals surface area contributed by atoms with Gasteiger partial charge in [0.2, 0.25) is 5.89 Å². The number of benzene rings is 2. The molecule has 31 heavy (non-hydrogen) atoms. The van der Waals surface area contributed by atoms with Crippen LogP contribution in [-0.4, -0.2) is 31.6 Å². The van der Waals surface area contributed by atoms with E-state index in [1.807, 2.05) is 36.5 Å². The van der Waals surface area contributed by atoms with Gasteiger partial charge in [-0.2, -0.15) is 0 Å². The summed E-state index contributed by atoms with van der Waals surface area (Å²) in [6.07, 6.45) is 5.79. The van der Waals surface area contributed by atoms with Gasteiger partial charge in [-0.05, 0) is 48.5 Å². The molecule has 0 radical (unpaired) electrons. The molecular formula is C25H21N5O. The number of para-hydroxylation sites is 1. The highest BCUT2D eigenvalue weighted by atomic mass is 16.4. The van der Waals surface area contributed by atoms with E-state index in [9.17, 15) is 0 Å². The Bertz CT molecular complexity index is 1370. The van der Waals surface area contributed by atoms with Crippen LogP contribution in [0.4, 0.5) is 0 Å². The third-order valence-electron chi connectivity index (χ3n) is 6.08. The SMILES string of the molecule is c1ccc2c(-c3nnc(C4CCCN4Cc4ccnc5ccccc45)o3)nccc2c1. The minimum absolute atomic E-state index is 0.114. The third-order valence-corrected chi connectivity index (χ3v) is 6.08. The van der Waals surface area contributed by atoms with E-state index >= 15 is 0 Å². The monoisotopic (exact) mass is 407 g/mol. The standard InChI is InChI=1S/C25H21N5O/c1-2-8-20-17(6-1)11-14-27-23(20)25-29-28-24(31-25)22-10-5-15-30(22)16-18-12-13-26-21-9-4-3-7-19(18)21/h1-4,6-9,11-14,22H,5,10,15-16H2. The van der Waals surface area contributed by atoms with E-state index in [-0.39, 0.29) is 6.04 Å². The molecule has 0 amide bonds. The molecule has 0 aliphatic carbocycles. The fourth-order valence-electron chi connectivity index (χ4n) is 4.56. The van der Waals surface area contributed by atoms with Crippen LogP contribution in [0.1, 0.15) is 30.3 Å². The number of hydrogen-bond acceptors (Lipinski definition) is 6. The molecule has 1 aliphatic heterocycles. The summed E-state index contributed by atoms with van der Waals surface area (Å²) in [6, 6.07) is 20.6. The van der Waals surface area contributed by atoms with Crippen molar-refractivity contribution in [3.63, 3.8) is 0 Å². The topological polar surface area (TPSA) is 67.9 Å². The van der Waals surface area contributed by atoms with Crippen molar-refractivity contribution in [1.82, 2.24) is 25.1 Å². The first-order valence-electron chi connectivity index (χ1n) is 10.6. The molecule has 1 saturated heterocycles. The third kappa shape index (κ3) is 3.25. The van der Waals surface area contributed by atoms with E-state index in [2.05, 4.69) is 55.4 Å². The average Bonchev–Trinajstić information content (AvgIpc) is 3.48. The molecule has 0 bridgehead atoms. The van der Waals surface area contributed by atoms with Crippen molar-refractivity contribution in [3.05, 3.63) is 84.5 Å². The van der Waals surface area contributed by atoms with Crippen molar-refractivity contribution < 1.29 is 4.42 Å². The van der Waals surface area contributed by atoms with Crippen molar-refractivity contribution in [1.29, 1.82) is 0 Å². The van der Waals surface area contributed by atoms with E-state index < -0.39 is 0 Å². The van der Waals surface area contributed by atoms with E-state index in [0.29, 0.717) is 11.8 Å². The van der Waals surface area contributed by atoms with E-state index in [1.165, 1.54) is 10.9 Å². The highest BCUT2D eigenvalue weighted by molar-refractivity contribution is 5.92. The summed E-state index contributed by atoms with van der Waals surface area (Å²) in [6.45, 7) is 1.84. The number of likely N-dealkylation sites (tertiary alicyclic amines) is 1. The number of pyridine rings is 2. The van der Waals surface area contributed by atoms with E-state index in [4.69, 9.17) is 4.42 Å². The van der Waals surface area contributed by atoms with Crippen molar-refractivity contribution in [3.8, 4) is 11.6 Å². The van der Waals surface area contributed by atoms with Gasteiger partial charge in [-0.15, -0.1) is 10.2 Å². The van der Waals surface area contributed by atoms with Crippen LogP contribution in [0.2, 0.25) is 0 Å². The molecule has 6 rings (SSSR count). The zero-order valence-electron chi connectivity index (χ0n) is 17.0. The Hall–Kier alpha value is -3.64. The van der Waals surface area contributed by atoms with Crippen LogP contribution >= 0.6 is 0 Å². The van der Waals surface area contributed by atoms with Crippen molar-refractivity contribution >= 4 is 21.7 Å². The first kappa shape index (κ1) is 18.2. The molecule has 3 aromatic heterocycles. The maximum atomic E-state index is 6.18. The predicted octanol–water partition coefficient (Wildman–Crippen LogP) is 5.17. The number of rotatable bonds is 4. The number of hydrogen-bond donors (Lipinski definition) is 0. The molecular weight excluding hydrogens is 386 g/mol. The second-order valence-electron chi connectivity index (χ2n) is 7.94. The molecule has 0 saturated carbocycles. The Morgan fingerprint density at radius 3 is 2.68 bits per heavy atom. The van der Waals surface area contributed by atoms with Crippen molar-refractivity contribution in [2.45, 2.75) is 25.4 Å². The smallest absolute Gasteiger partial charge is 0.266 e. The van der Waals surface area contributed by atoms with Gasteiger partial charge in [-0.3, -0.25) is 14.9 Å². The first-order valence-corrected chi connectivity index (χ1v) is 10.6. The van der Waals surface area contributed by atoms with Crippen LogP contribution in [-0.2, 0) is 6.54 Å². The fourth-order valence-corrected chi connectivity index (χ4v) is 4.56. The van der Waals surface area contributed by atoms with Crippen LogP contribution < -0.4 is 0 Å². The number of aromatic nitrogens is 4. The second-order valence-corrected chi connectivity index (χ2v) is 7.94. The van der Waals surface area contributed by atoms with Gasteiger partial charge in [0.25, 0.3) is 5.89 Å². The molecule has 152 valence electrons. The highest BCUT2D eigenvalue weighted by Crippen LogP contribution is 2.35. The van der Waals surface area contributed by atoms with Gasteiger partial charge in [-0.1, -0.05) is 42.5 Å². The Morgan fingerprint density at radius 1 is 0.871 bits per heavy atom. The summed E-state index contributed by atoms with van der Waals surface area (Å²) in [5, 5.41) is 12.1. The second kappa shape index (κ2) is 7.56. The van der Waals surface area contributed by atoms with Gasteiger partial charge in [0.1, 0.15) is 5.69 Å². The summed E-state index contributed by atoms with van der Waals surface area (Å²) in [5.74, 6) is 1.15. The fraction of sp³-hybridized carbons (Fsp3) is 0.200. The van der Waals surface area contributed by atoms with Crippen LogP contribution in [0.15, 0.2) is 77.5 Å². The molecule has 4 heterocycles. The highest BCUT2D eigenvalue weighted by Gasteiger charge is 2.31. The van der Waals surface area contributed by atoms with Gasteiger partial charge in [0.15, 0.2) is 0 Å². The Balaban J connectivity index is 1.31. The van der Waals surface area contributed by atoms with Crippen LogP contribution in [0.5, 0.6) is 0 Å². The minimum atomic E-state index is 0.114.